The van der Waals surface area contributed by atoms with E-state index in [9.17, 15) is 26.3 Å². The molecule has 0 fully saturated rings. The monoisotopic (exact) mass is 819 g/mol. The van der Waals surface area contributed by atoms with E-state index in [1.165, 1.54) is 40.3 Å². The first-order valence-corrected chi connectivity index (χ1v) is 17.8. The average molecular weight is 819 g/mol. The number of alkyl halides is 6. The van der Waals surface area contributed by atoms with E-state index < -0.39 is 31.4 Å². The molecule has 0 saturated heterocycles. The summed E-state index contributed by atoms with van der Waals surface area (Å²) < 4.78 is 75.8. The van der Waals surface area contributed by atoms with E-state index >= 15 is 0 Å². The van der Waals surface area contributed by atoms with Gasteiger partial charge >= 0.3 is 12.4 Å². The molecule has 5 aromatic rings. The van der Waals surface area contributed by atoms with Crippen LogP contribution in [0.4, 0.5) is 26.3 Å². The summed E-state index contributed by atoms with van der Waals surface area (Å²) in [6.07, 6.45) is -8.51. The van der Waals surface area contributed by atoms with Crippen LogP contribution in [0, 0.1) is 6.07 Å². The summed E-state index contributed by atoms with van der Waals surface area (Å²) in [7, 11) is -0.757. The van der Waals surface area contributed by atoms with Gasteiger partial charge in [-0.05, 0) is 59.3 Å². The van der Waals surface area contributed by atoms with Crippen molar-refractivity contribution in [1.82, 2.24) is 4.98 Å². The zero-order chi connectivity index (χ0) is 31.5. The van der Waals surface area contributed by atoms with Gasteiger partial charge in [0, 0.05) is 35.1 Å². The van der Waals surface area contributed by atoms with Gasteiger partial charge in [0.05, 0.1) is 7.92 Å². The zero-order valence-corrected chi connectivity index (χ0v) is 28.6. The van der Waals surface area contributed by atoms with Crippen molar-refractivity contribution in [2.24, 2.45) is 0 Å². The van der Waals surface area contributed by atoms with Gasteiger partial charge in [-0.15, -0.1) is 23.8 Å². The first-order valence-electron chi connectivity index (χ1n) is 13.3. The van der Waals surface area contributed by atoms with Crippen LogP contribution in [0.15, 0.2) is 128 Å². The molecule has 1 nitrogen and oxygen atoms in total. The second-order valence-electron chi connectivity index (χ2n) is 9.88. The molecule has 232 valence electrons. The van der Waals surface area contributed by atoms with Crippen LogP contribution >= 0.6 is 7.92 Å². The van der Waals surface area contributed by atoms with Crippen molar-refractivity contribution in [3.8, 4) is 11.3 Å². The van der Waals surface area contributed by atoms with Gasteiger partial charge in [0.15, 0.2) is 0 Å². The number of nitrogens with zero attached hydrogens (tertiary/aromatic N) is 1. The predicted octanol–water partition coefficient (Wildman–Crippen LogP) is 9.13. The summed E-state index contributed by atoms with van der Waals surface area (Å²) in [4.78, 5) is 3.73. The molecule has 0 unspecified atom stereocenters. The summed E-state index contributed by atoms with van der Waals surface area (Å²) in [6.45, 7) is 6.81. The van der Waals surface area contributed by atoms with Crippen LogP contribution in [-0.4, -0.2) is 13.8 Å². The van der Waals surface area contributed by atoms with E-state index in [-0.39, 0.29) is 46.2 Å². The minimum Gasteiger partial charge on any atom is -0.305 e. The molecule has 10 heteroatoms. The Hall–Kier alpha value is -3.09. The number of halogens is 6. The molecule has 0 aliphatic rings. The first-order chi connectivity index (χ1) is 20.4. The molecule has 44 heavy (non-hydrogen) atoms. The Bertz CT molecular complexity index is 1390. The van der Waals surface area contributed by atoms with Gasteiger partial charge in [-0.3, -0.25) is 0 Å². The quantitative estimate of drug-likeness (QED) is 0.0764. The molecule has 4 aromatic carbocycles. The minimum absolute atomic E-state index is 0. The Kier molecular flexibility index (Phi) is 14.7. The van der Waals surface area contributed by atoms with Crippen molar-refractivity contribution < 1.29 is 46.4 Å². The molecular formula is C34H31F6IrNPSi. The molecule has 5 rings (SSSR count). The number of hydrogen-bond acceptors (Lipinski definition) is 1. The van der Waals surface area contributed by atoms with Crippen molar-refractivity contribution in [3.05, 3.63) is 145 Å². The molecule has 0 aliphatic carbocycles. The van der Waals surface area contributed by atoms with E-state index in [4.69, 9.17) is 0 Å². The molecule has 0 amide bonds. The fourth-order valence-electron chi connectivity index (χ4n) is 3.86. The third-order valence-electron chi connectivity index (χ3n) is 5.63. The van der Waals surface area contributed by atoms with E-state index in [1.54, 1.807) is 0 Å². The third-order valence-corrected chi connectivity index (χ3v) is 8.36. The van der Waals surface area contributed by atoms with Crippen LogP contribution in [0.1, 0.15) is 11.1 Å². The largest absolute Gasteiger partial charge is 0.399 e. The van der Waals surface area contributed by atoms with Crippen molar-refractivity contribution in [2.45, 2.75) is 32.0 Å². The Morgan fingerprint density at radius 3 is 1.34 bits per heavy atom. The second kappa shape index (κ2) is 17.4. The van der Waals surface area contributed by atoms with Crippen molar-refractivity contribution in [3.63, 3.8) is 0 Å². The molecule has 2 radical (unpaired) electrons. The predicted molar refractivity (Wildman–Crippen MR) is 168 cm³/mol. The summed E-state index contributed by atoms with van der Waals surface area (Å²) in [6, 6.07) is 39.3. The molecule has 0 N–H and O–H groups in total. The molecule has 0 bridgehead atoms. The number of aromatic nitrogens is 1. The van der Waals surface area contributed by atoms with Gasteiger partial charge in [0.2, 0.25) is 0 Å². The van der Waals surface area contributed by atoms with Crippen LogP contribution in [0.3, 0.4) is 0 Å². The molecule has 0 saturated carbocycles. The number of pyridine rings is 1. The topological polar surface area (TPSA) is 12.9 Å². The van der Waals surface area contributed by atoms with E-state index in [0.29, 0.717) is 6.07 Å². The Morgan fingerprint density at radius 2 is 1.00 bits per heavy atom. The maximum Gasteiger partial charge on any atom is 0.399 e. The Morgan fingerprint density at radius 1 is 0.591 bits per heavy atom. The maximum absolute atomic E-state index is 12.7. The molecule has 0 aliphatic heterocycles. The summed E-state index contributed by atoms with van der Waals surface area (Å²) >= 11 is 0. The first kappa shape index (κ1) is 37.1. The number of hydrogen-bond donors (Lipinski definition) is 0. The van der Waals surface area contributed by atoms with Crippen molar-refractivity contribution in [1.29, 1.82) is 0 Å². The van der Waals surface area contributed by atoms with Gasteiger partial charge in [-0.25, -0.2) is 0 Å². The van der Waals surface area contributed by atoms with Gasteiger partial charge in [-0.2, -0.15) is 26.3 Å². The van der Waals surface area contributed by atoms with Crippen LogP contribution in [0.5, 0.6) is 0 Å². The van der Waals surface area contributed by atoms with Crippen molar-refractivity contribution >= 4 is 32.6 Å². The SMILES string of the molecule is C[Si](C)C.FC(F)(F)c1[c-]c(-c2ccccn2)cc(C(F)(F)F)c1.[Ir].c1ccc([PH+](c2ccccc2)c2ccccc2)cc1. The molecular weight excluding hydrogens is 788 g/mol. The summed E-state index contributed by atoms with van der Waals surface area (Å²) in [5.74, 6) is 0. The Labute approximate surface area is 271 Å². The third kappa shape index (κ3) is 11.8. The van der Waals surface area contributed by atoms with E-state index in [2.05, 4.69) is 116 Å². The maximum atomic E-state index is 12.7. The standard InChI is InChI=1S/C18H15P.C13H6F6N.C3H9Si.Ir/c1-4-10-16(11-5-1)19(17-12-6-2-7-13-17)18-14-8-3-9-15-18;14-12(15,16)9-5-8(11-3-1-2-4-20-11)6-10(7-9)13(17,18)19;1-4(2)3;/h1-15H;1-5,7H;1-3H3;/q;-1;;/p+1. The molecule has 0 spiro atoms. The van der Waals surface area contributed by atoms with Crippen LogP contribution in [-0.2, 0) is 32.5 Å². The van der Waals surface area contributed by atoms with Crippen molar-refractivity contribution in [2.75, 3.05) is 0 Å². The summed E-state index contributed by atoms with van der Waals surface area (Å²) in [5.41, 5.74) is -3.23. The molecule has 1 heterocycles. The van der Waals surface area contributed by atoms with Crippen LogP contribution in [0.25, 0.3) is 11.3 Å². The molecule has 0 atom stereocenters. The fourth-order valence-corrected chi connectivity index (χ4v) is 6.44. The number of rotatable bonds is 4. The normalized spacial score (nSPS) is 11.1. The van der Waals surface area contributed by atoms with Gasteiger partial charge in [-0.1, -0.05) is 86.4 Å². The Balaban J connectivity index is 0.000000268. The fraction of sp³-hybridized carbons (Fsp3) is 0.147. The number of benzene rings is 4. The van der Waals surface area contributed by atoms with Gasteiger partial charge in [0.1, 0.15) is 15.9 Å². The average Bonchev–Trinajstić information content (AvgIpc) is 2.98. The molecule has 1 aromatic heterocycles. The van der Waals surface area contributed by atoms with E-state index in [1.807, 2.05) is 6.07 Å². The van der Waals surface area contributed by atoms with Gasteiger partial charge < -0.3 is 4.98 Å². The second-order valence-corrected chi connectivity index (χ2v) is 15.4. The zero-order valence-electron chi connectivity index (χ0n) is 24.2. The summed E-state index contributed by atoms with van der Waals surface area (Å²) in [5, 5.41) is 4.31. The minimum atomic E-state index is -4.91. The van der Waals surface area contributed by atoms with Crippen LogP contribution < -0.4 is 15.9 Å². The van der Waals surface area contributed by atoms with E-state index in [0.717, 1.165) is 0 Å². The van der Waals surface area contributed by atoms with Gasteiger partial charge in [0.25, 0.3) is 0 Å². The smallest absolute Gasteiger partial charge is 0.305 e. The van der Waals surface area contributed by atoms with Crippen LogP contribution in [0.2, 0.25) is 19.6 Å².